The number of amides is 2. The summed E-state index contributed by atoms with van der Waals surface area (Å²) in [4.78, 5) is 36.3. The highest BCUT2D eigenvalue weighted by molar-refractivity contribution is 5.89. The van der Waals surface area contributed by atoms with E-state index >= 15 is 0 Å². The van der Waals surface area contributed by atoms with E-state index in [4.69, 9.17) is 5.11 Å². The molecule has 0 radical (unpaired) electrons. The molecular weight excluding hydrogens is 329 g/mol. The summed E-state index contributed by atoms with van der Waals surface area (Å²) in [7, 11) is 0. The summed E-state index contributed by atoms with van der Waals surface area (Å²) in [6.45, 7) is 0.187. The molecule has 2 fully saturated rings. The van der Waals surface area contributed by atoms with Gasteiger partial charge < -0.3 is 15.3 Å². The lowest BCUT2D eigenvalue weighted by atomic mass is 9.86. The number of hydrogen-bond donors (Lipinski definition) is 2. The number of rotatable bonds is 4. The van der Waals surface area contributed by atoms with Crippen molar-refractivity contribution < 1.29 is 32.7 Å². The Hall–Kier alpha value is -1.80. The van der Waals surface area contributed by atoms with E-state index in [1.165, 1.54) is 6.92 Å². The Morgan fingerprint density at radius 1 is 1.25 bits per heavy atom. The number of alkyl halides is 3. The zero-order chi connectivity index (χ0) is 18.1. The largest absolute Gasteiger partial charge is 0.481 e. The van der Waals surface area contributed by atoms with Crippen LogP contribution in [0.25, 0.3) is 0 Å². The summed E-state index contributed by atoms with van der Waals surface area (Å²) in [6.07, 6.45) is -2.25. The number of likely N-dealkylation sites (tertiary alicyclic amines) is 1. The van der Waals surface area contributed by atoms with E-state index in [-0.39, 0.29) is 18.4 Å². The van der Waals surface area contributed by atoms with Crippen molar-refractivity contribution in [3.63, 3.8) is 0 Å². The number of nitrogens with zero attached hydrogens (tertiary/aromatic N) is 1. The van der Waals surface area contributed by atoms with Crippen LogP contribution in [0.15, 0.2) is 0 Å². The van der Waals surface area contributed by atoms with Crippen LogP contribution in [-0.2, 0) is 14.4 Å². The van der Waals surface area contributed by atoms with Crippen molar-refractivity contribution in [2.45, 2.75) is 51.2 Å². The first-order chi connectivity index (χ1) is 11.1. The lowest BCUT2D eigenvalue weighted by Gasteiger charge is -2.28. The second kappa shape index (κ2) is 6.60. The van der Waals surface area contributed by atoms with Gasteiger partial charge in [-0.1, -0.05) is 12.8 Å². The number of carbonyl (C=O) groups is 3. The number of aliphatic carboxylic acids is 1. The van der Waals surface area contributed by atoms with Crippen LogP contribution in [0.3, 0.4) is 0 Å². The molecule has 0 aromatic heterocycles. The summed E-state index contributed by atoms with van der Waals surface area (Å²) >= 11 is 0. The fourth-order valence-electron chi connectivity index (χ4n) is 3.38. The van der Waals surface area contributed by atoms with Gasteiger partial charge in [0.25, 0.3) is 0 Å². The number of carboxylic acids is 1. The van der Waals surface area contributed by atoms with Gasteiger partial charge in [-0.15, -0.1) is 0 Å². The topological polar surface area (TPSA) is 86.7 Å². The molecule has 0 spiro atoms. The predicted octanol–water partition coefficient (Wildman–Crippen LogP) is 1.55. The van der Waals surface area contributed by atoms with Gasteiger partial charge in [0, 0.05) is 19.0 Å². The molecule has 1 aliphatic heterocycles. The third kappa shape index (κ3) is 3.34. The molecule has 1 heterocycles. The smallest absolute Gasteiger partial charge is 0.406 e. The Morgan fingerprint density at radius 3 is 2.29 bits per heavy atom. The van der Waals surface area contributed by atoms with Crippen LogP contribution in [0.2, 0.25) is 0 Å². The first-order valence-electron chi connectivity index (χ1n) is 7.98. The van der Waals surface area contributed by atoms with Crippen molar-refractivity contribution in [2.75, 3.05) is 13.1 Å². The lowest BCUT2D eigenvalue weighted by Crippen LogP contribution is -2.51. The van der Waals surface area contributed by atoms with E-state index in [1.807, 2.05) is 0 Å². The number of carboxylic acid groups (broad SMARTS) is 1. The Morgan fingerprint density at radius 2 is 1.83 bits per heavy atom. The van der Waals surface area contributed by atoms with Crippen molar-refractivity contribution in [3.05, 3.63) is 0 Å². The molecule has 136 valence electrons. The number of nitrogens with one attached hydrogen (secondary N) is 1. The molecule has 0 aromatic carbocycles. The summed E-state index contributed by atoms with van der Waals surface area (Å²) in [5.74, 6) is -3.10. The Balaban J connectivity index is 2.00. The summed E-state index contributed by atoms with van der Waals surface area (Å²) in [5.41, 5.74) is -2.93. The molecule has 0 bridgehead atoms. The summed E-state index contributed by atoms with van der Waals surface area (Å²) in [6, 6.07) is -0.976. The zero-order valence-electron chi connectivity index (χ0n) is 13.4. The average Bonchev–Trinajstić information content (AvgIpc) is 3.15. The van der Waals surface area contributed by atoms with E-state index in [9.17, 15) is 27.6 Å². The average molecular weight is 350 g/mol. The second-order valence-corrected chi connectivity index (χ2v) is 6.61. The first kappa shape index (κ1) is 18.5. The monoisotopic (exact) mass is 350 g/mol. The SMILES string of the molecule is CC(NC(=O)C1CCCC1)C(=O)N1CCC(C(=O)O)(C(F)(F)F)C1. The van der Waals surface area contributed by atoms with Gasteiger partial charge in [0.05, 0.1) is 0 Å². The van der Waals surface area contributed by atoms with Gasteiger partial charge in [-0.3, -0.25) is 14.4 Å². The second-order valence-electron chi connectivity index (χ2n) is 6.61. The third-order valence-corrected chi connectivity index (χ3v) is 4.99. The van der Waals surface area contributed by atoms with Gasteiger partial charge in [-0.2, -0.15) is 13.2 Å². The molecule has 1 aliphatic carbocycles. The summed E-state index contributed by atoms with van der Waals surface area (Å²) < 4.78 is 39.4. The molecule has 9 heteroatoms. The maximum Gasteiger partial charge on any atom is 0.406 e. The van der Waals surface area contributed by atoms with Crippen LogP contribution in [-0.4, -0.2) is 53.1 Å². The normalized spacial score (nSPS) is 26.4. The van der Waals surface area contributed by atoms with E-state index in [0.717, 1.165) is 30.6 Å². The van der Waals surface area contributed by atoms with Gasteiger partial charge >= 0.3 is 12.1 Å². The Kier molecular flexibility index (Phi) is 5.10. The molecule has 2 unspecified atom stereocenters. The third-order valence-electron chi connectivity index (χ3n) is 4.99. The van der Waals surface area contributed by atoms with Crippen molar-refractivity contribution in [3.8, 4) is 0 Å². The Labute approximate surface area is 137 Å². The minimum atomic E-state index is -4.94. The van der Waals surface area contributed by atoms with Gasteiger partial charge in [-0.25, -0.2) is 0 Å². The van der Waals surface area contributed by atoms with E-state index < -0.39 is 42.5 Å². The quantitative estimate of drug-likeness (QED) is 0.805. The fourth-order valence-corrected chi connectivity index (χ4v) is 3.38. The van der Waals surface area contributed by atoms with Gasteiger partial charge in [0.15, 0.2) is 5.41 Å². The van der Waals surface area contributed by atoms with E-state index in [0.29, 0.717) is 0 Å². The van der Waals surface area contributed by atoms with Gasteiger partial charge in [0.1, 0.15) is 6.04 Å². The standard InChI is InChI=1S/C15H21F3N2O4/c1-9(19-11(21)10-4-2-3-5-10)12(22)20-7-6-14(8-20,13(23)24)15(16,17)18/h9-10H,2-8H2,1H3,(H,19,21)(H,23,24). The maximum absolute atomic E-state index is 13.1. The number of halogens is 3. The van der Waals surface area contributed by atoms with E-state index in [1.54, 1.807) is 0 Å². The number of hydrogen-bond acceptors (Lipinski definition) is 3. The van der Waals surface area contributed by atoms with Crippen LogP contribution in [0.4, 0.5) is 13.2 Å². The van der Waals surface area contributed by atoms with Crippen LogP contribution >= 0.6 is 0 Å². The van der Waals surface area contributed by atoms with Crippen molar-refractivity contribution >= 4 is 17.8 Å². The molecule has 2 aliphatic rings. The minimum absolute atomic E-state index is 0.160. The highest BCUT2D eigenvalue weighted by Gasteiger charge is 2.64. The van der Waals surface area contributed by atoms with E-state index in [2.05, 4.69) is 5.32 Å². The van der Waals surface area contributed by atoms with Gasteiger partial charge in [-0.05, 0) is 26.2 Å². The molecule has 6 nitrogen and oxygen atoms in total. The zero-order valence-corrected chi connectivity index (χ0v) is 13.4. The lowest BCUT2D eigenvalue weighted by molar-refractivity contribution is -0.227. The molecule has 24 heavy (non-hydrogen) atoms. The van der Waals surface area contributed by atoms with Crippen molar-refractivity contribution in [1.29, 1.82) is 0 Å². The first-order valence-corrected chi connectivity index (χ1v) is 7.98. The van der Waals surface area contributed by atoms with Crippen LogP contribution in [0, 0.1) is 11.3 Å². The fraction of sp³-hybridized carbons (Fsp3) is 0.800. The van der Waals surface area contributed by atoms with Crippen molar-refractivity contribution in [1.82, 2.24) is 10.2 Å². The molecular formula is C15H21F3N2O4. The molecule has 1 saturated carbocycles. The highest BCUT2D eigenvalue weighted by atomic mass is 19.4. The molecule has 1 saturated heterocycles. The van der Waals surface area contributed by atoms with Crippen LogP contribution in [0.5, 0.6) is 0 Å². The maximum atomic E-state index is 13.1. The van der Waals surface area contributed by atoms with Crippen molar-refractivity contribution in [2.24, 2.45) is 11.3 Å². The highest BCUT2D eigenvalue weighted by Crippen LogP contribution is 2.45. The molecule has 2 amide bonds. The summed E-state index contributed by atoms with van der Waals surface area (Å²) in [5, 5.41) is 11.5. The van der Waals surface area contributed by atoms with Crippen LogP contribution in [0.1, 0.15) is 39.0 Å². The minimum Gasteiger partial charge on any atom is -0.481 e. The van der Waals surface area contributed by atoms with Crippen LogP contribution < -0.4 is 5.32 Å². The molecule has 2 rings (SSSR count). The molecule has 2 N–H and O–H groups in total. The van der Waals surface area contributed by atoms with Gasteiger partial charge in [0.2, 0.25) is 11.8 Å². The molecule has 0 aromatic rings. The number of carbonyl (C=O) groups excluding carboxylic acids is 2. The Bertz CT molecular complexity index is 531. The predicted molar refractivity (Wildman–Crippen MR) is 76.9 cm³/mol. The molecule has 2 atom stereocenters.